The van der Waals surface area contributed by atoms with Gasteiger partial charge in [-0.05, 0) is 86.0 Å². The molecule has 2 rings (SSSR count). The highest BCUT2D eigenvalue weighted by Crippen LogP contribution is 2.32. The van der Waals surface area contributed by atoms with Crippen LogP contribution >= 0.6 is 24.4 Å². The lowest BCUT2D eigenvalue weighted by Gasteiger charge is -2.32. The second kappa shape index (κ2) is 27.5. The molecular formula is C42H69N11O14S2. The summed E-state index contributed by atoms with van der Waals surface area (Å²) in [6.45, 7) is 10.7. The van der Waals surface area contributed by atoms with Gasteiger partial charge in [0.25, 0.3) is 0 Å². The molecule has 0 spiro atoms. The summed E-state index contributed by atoms with van der Waals surface area (Å²) in [5.74, 6) is -11.5. The molecule has 1 heterocycles. The van der Waals surface area contributed by atoms with E-state index < -0.39 is 114 Å². The zero-order valence-corrected chi connectivity index (χ0v) is 41.5. The summed E-state index contributed by atoms with van der Waals surface area (Å²) >= 11 is 5.24. The van der Waals surface area contributed by atoms with E-state index in [4.69, 9.17) is 11.5 Å². The van der Waals surface area contributed by atoms with Gasteiger partial charge >= 0.3 is 17.9 Å². The first kappa shape index (κ1) is 59.4. The third kappa shape index (κ3) is 22.1. The topological polar surface area (TPSA) is 400 Å². The fourth-order valence-corrected chi connectivity index (χ4v) is 8.60. The maximum absolute atomic E-state index is 13.6. The van der Waals surface area contributed by atoms with Crippen molar-refractivity contribution < 1.29 is 68.1 Å². The minimum atomic E-state index is -1.98. The van der Waals surface area contributed by atoms with Crippen molar-refractivity contribution in [1.82, 2.24) is 42.1 Å². The summed E-state index contributed by atoms with van der Waals surface area (Å²) in [6, 6.07) is -8.28. The van der Waals surface area contributed by atoms with Crippen LogP contribution in [0.25, 0.3) is 0 Å². The average molecular weight is 1020 g/mol. The molecule has 1 saturated heterocycles. The number of guanidine groups is 1. The molecule has 0 bridgehead atoms. The highest BCUT2D eigenvalue weighted by atomic mass is 32.2. The predicted octanol–water partition coefficient (Wildman–Crippen LogP) is -2.25. The fourth-order valence-electron chi connectivity index (χ4n) is 7.27. The van der Waals surface area contributed by atoms with Crippen LogP contribution in [0, 0.1) is 11.8 Å². The number of likely N-dealkylation sites (tertiary alicyclic amines) is 1. The first-order chi connectivity index (χ1) is 32.0. The van der Waals surface area contributed by atoms with E-state index in [1.807, 2.05) is 20.8 Å². The molecule has 25 nitrogen and oxygen atoms in total. The van der Waals surface area contributed by atoms with Crippen molar-refractivity contribution in [1.29, 1.82) is 0 Å². The number of thiol groups is 1. The number of thioether (sulfide) groups is 1. The van der Waals surface area contributed by atoms with E-state index in [1.54, 1.807) is 20.8 Å². The zero-order chi connectivity index (χ0) is 52.4. The van der Waals surface area contributed by atoms with E-state index in [-0.39, 0.29) is 79.1 Å². The van der Waals surface area contributed by atoms with Crippen LogP contribution in [-0.2, 0) is 52.7 Å². The van der Waals surface area contributed by atoms with Crippen LogP contribution < -0.4 is 48.7 Å². The monoisotopic (exact) mass is 1020 g/mol. The largest absolute Gasteiger partial charge is 0.481 e. The Labute approximate surface area is 409 Å². The Bertz CT molecular complexity index is 1930. The molecule has 8 amide bonds. The molecule has 14 N–H and O–H groups in total. The Balaban J connectivity index is 2.14. The number of hydrogen-bond donors (Lipinski definition) is 13. The summed E-state index contributed by atoms with van der Waals surface area (Å²) in [5.41, 5.74) is 9.54. The molecule has 0 aromatic carbocycles. The van der Waals surface area contributed by atoms with Gasteiger partial charge in [-0.3, -0.25) is 67.9 Å². The normalized spacial score (nSPS) is 19.4. The van der Waals surface area contributed by atoms with E-state index in [0.29, 0.717) is 25.7 Å². The fraction of sp³-hybridized carbons (Fsp3) is 0.714. The van der Waals surface area contributed by atoms with Gasteiger partial charge in [0.05, 0.1) is 30.6 Å². The lowest BCUT2D eigenvalue weighted by molar-refractivity contribution is -0.143. The molecule has 0 aromatic rings. The number of amides is 8. The maximum Gasteiger partial charge on any atom is 0.305 e. The molecule has 0 radical (unpaired) electrons. The number of carbonyl (C=O) groups excluding carboxylic acids is 8. The molecule has 4 unspecified atom stereocenters. The van der Waals surface area contributed by atoms with Crippen molar-refractivity contribution in [3.05, 3.63) is 0 Å². The molecule has 1 aliphatic carbocycles. The van der Waals surface area contributed by atoms with Crippen molar-refractivity contribution in [2.24, 2.45) is 28.3 Å². The minimum absolute atomic E-state index is 0.0162. The van der Waals surface area contributed by atoms with Gasteiger partial charge < -0.3 is 58.7 Å². The number of nitrogens with one attached hydrogen (secondary N) is 7. The maximum atomic E-state index is 13.6. The molecule has 27 heteroatoms. The Morgan fingerprint density at radius 1 is 0.696 bits per heavy atom. The molecule has 1 saturated carbocycles. The third-order valence-electron chi connectivity index (χ3n) is 10.6. The summed E-state index contributed by atoms with van der Waals surface area (Å²) in [5, 5.41) is 45.3. The number of rotatable bonds is 27. The molecule has 1 aliphatic heterocycles. The van der Waals surface area contributed by atoms with E-state index in [0.717, 1.165) is 11.8 Å². The smallest absolute Gasteiger partial charge is 0.305 e. The molecular weight excluding hydrogens is 947 g/mol. The second-order valence-corrected chi connectivity index (χ2v) is 20.5. The number of nitrogens with two attached hydrogens (primary N) is 2. The molecule has 388 valence electrons. The first-order valence-corrected chi connectivity index (χ1v) is 24.0. The van der Waals surface area contributed by atoms with Crippen LogP contribution in [0.1, 0.15) is 106 Å². The van der Waals surface area contributed by atoms with Gasteiger partial charge in [-0.15, -0.1) is 11.8 Å². The van der Waals surface area contributed by atoms with E-state index >= 15 is 0 Å². The standard InChI is InChI=1S/C42H69N11O14S2/c1-41(2,3)51-33(61)22-11-9-21(10-12-22)18-53-29(54)17-28(39(53)67)69-20-46-27(19-68)37(65)49-25(15-31(57)58)36(64)48-24(14-30(55)56)35(63)47-23(8-7-13-45-40(43)44)34(62)50-26(16-32(59)60)38(66)52-42(4,5)6/h21-28,46,68H,7-20H2,1-6H3,(H,47,63)(H,48,64)(H,49,65)(H,50,62)(H,51,61)(H,52,66)(H,55,56)(H,57,58)(H,59,60)(H4,43,44,45)/t21?,22?,23-,24?,25-,26?,27?,28?/m0/s1. The predicted molar refractivity (Wildman–Crippen MR) is 254 cm³/mol. The van der Waals surface area contributed by atoms with E-state index in [1.165, 1.54) is 4.90 Å². The van der Waals surface area contributed by atoms with Crippen molar-refractivity contribution in [2.45, 2.75) is 152 Å². The zero-order valence-electron chi connectivity index (χ0n) is 39.8. The van der Waals surface area contributed by atoms with Gasteiger partial charge in [-0.2, -0.15) is 12.6 Å². The Morgan fingerprint density at radius 3 is 1.59 bits per heavy atom. The number of nitrogens with zero attached hydrogens (tertiary/aromatic N) is 2. The number of aliphatic imine (C=N–C) groups is 1. The van der Waals surface area contributed by atoms with Gasteiger partial charge in [0.15, 0.2) is 5.96 Å². The Morgan fingerprint density at radius 2 is 1.14 bits per heavy atom. The Hall–Kier alpha value is -5.70. The quantitative estimate of drug-likeness (QED) is 0.0103. The van der Waals surface area contributed by atoms with Crippen molar-refractivity contribution >= 4 is 95.5 Å². The van der Waals surface area contributed by atoms with E-state index in [9.17, 15) is 68.1 Å². The van der Waals surface area contributed by atoms with Crippen LogP contribution in [0.2, 0.25) is 0 Å². The first-order valence-electron chi connectivity index (χ1n) is 22.4. The van der Waals surface area contributed by atoms with Gasteiger partial charge in [-0.1, -0.05) is 0 Å². The summed E-state index contributed by atoms with van der Waals surface area (Å²) < 4.78 is 0. The summed E-state index contributed by atoms with van der Waals surface area (Å²) in [7, 11) is 0. The number of imide groups is 1. The van der Waals surface area contributed by atoms with Crippen LogP contribution in [0.15, 0.2) is 4.99 Å². The number of aliphatic carboxylic acids is 3. The van der Waals surface area contributed by atoms with Crippen molar-refractivity contribution in [3.63, 3.8) is 0 Å². The average Bonchev–Trinajstić information content (AvgIpc) is 3.48. The SMILES string of the molecule is CC(C)(C)NC(=O)C1CCC(CN2C(=O)CC(SCNC(CS)C(=O)N[C@@H](CC(=O)O)C(=O)NC(CC(=O)O)C(=O)N[C@@H](CCCN=C(N)N)C(=O)NC(CC(=O)O)C(=O)NC(C)(C)C)C2=O)CC1. The van der Waals surface area contributed by atoms with Crippen LogP contribution in [-0.4, -0.2) is 163 Å². The molecule has 2 fully saturated rings. The van der Waals surface area contributed by atoms with Crippen molar-refractivity contribution in [3.8, 4) is 0 Å². The number of carboxylic acids is 3. The lowest BCUT2D eigenvalue weighted by atomic mass is 9.81. The number of hydrogen-bond acceptors (Lipinski definition) is 15. The molecule has 6 atom stereocenters. The van der Waals surface area contributed by atoms with Gasteiger partial charge in [0.2, 0.25) is 47.3 Å². The second-order valence-electron chi connectivity index (χ2n) is 19.0. The van der Waals surface area contributed by atoms with Gasteiger partial charge in [0.1, 0.15) is 24.2 Å². The lowest BCUT2D eigenvalue weighted by Crippen LogP contribution is -2.60. The van der Waals surface area contributed by atoms with Gasteiger partial charge in [-0.25, -0.2) is 0 Å². The summed E-state index contributed by atoms with van der Waals surface area (Å²) in [6.07, 6.45) is -0.689. The third-order valence-corrected chi connectivity index (χ3v) is 12.1. The van der Waals surface area contributed by atoms with Crippen LogP contribution in [0.5, 0.6) is 0 Å². The minimum Gasteiger partial charge on any atom is -0.481 e. The summed E-state index contributed by atoms with van der Waals surface area (Å²) in [4.78, 5) is 146. The number of carboxylic acid groups (broad SMARTS) is 3. The van der Waals surface area contributed by atoms with Crippen molar-refractivity contribution in [2.75, 3.05) is 24.7 Å². The molecule has 0 aromatic heterocycles. The molecule has 69 heavy (non-hydrogen) atoms. The van der Waals surface area contributed by atoms with Crippen LogP contribution in [0.3, 0.4) is 0 Å². The number of carbonyl (C=O) groups is 11. The molecule has 2 aliphatic rings. The van der Waals surface area contributed by atoms with Crippen LogP contribution in [0.4, 0.5) is 0 Å². The highest BCUT2D eigenvalue weighted by molar-refractivity contribution is 8.00. The van der Waals surface area contributed by atoms with Gasteiger partial charge in [0, 0.05) is 48.1 Å². The van der Waals surface area contributed by atoms with E-state index in [2.05, 4.69) is 54.8 Å². The Kier molecular flexibility index (Phi) is 23.7. The highest BCUT2D eigenvalue weighted by Gasteiger charge is 2.41.